The fourth-order valence-corrected chi connectivity index (χ4v) is 5.06. The minimum Gasteiger partial charge on any atom is -0.493 e. The van der Waals surface area contributed by atoms with E-state index in [4.69, 9.17) is 18.9 Å². The van der Waals surface area contributed by atoms with Crippen LogP contribution in [0.3, 0.4) is 0 Å². The second-order valence-electron chi connectivity index (χ2n) is 9.30. The zero-order chi connectivity index (χ0) is 26.1. The van der Waals surface area contributed by atoms with Crippen LogP contribution in [0.1, 0.15) is 23.3 Å². The van der Waals surface area contributed by atoms with E-state index in [1.165, 1.54) is 0 Å². The number of fused-ring (bicyclic) bond motifs is 1. The first-order chi connectivity index (χ1) is 18.6. The maximum atomic E-state index is 13.1. The van der Waals surface area contributed by atoms with Gasteiger partial charge in [-0.3, -0.25) is 4.79 Å². The molecule has 0 radical (unpaired) electrons. The Morgan fingerprint density at radius 2 is 1.68 bits per heavy atom. The van der Waals surface area contributed by atoms with Gasteiger partial charge >= 0.3 is 0 Å². The van der Waals surface area contributed by atoms with Crippen molar-refractivity contribution in [1.82, 2.24) is 14.6 Å². The van der Waals surface area contributed by atoms with Crippen LogP contribution >= 0.6 is 0 Å². The van der Waals surface area contributed by atoms with Crippen molar-refractivity contribution in [3.63, 3.8) is 0 Å². The minimum atomic E-state index is -0.396. The SMILES string of the molecule is COc1ccc(-c2ccnc3cc(C(=O)Nc4ccc(N5CCC6(CC5)OCCO6)cc4)nn23)cc1OC. The van der Waals surface area contributed by atoms with Crippen LogP contribution < -0.4 is 19.7 Å². The number of amides is 1. The number of hydrogen-bond acceptors (Lipinski definition) is 8. The first-order valence-corrected chi connectivity index (χ1v) is 12.6. The molecule has 0 bridgehead atoms. The summed E-state index contributed by atoms with van der Waals surface area (Å²) in [6.07, 6.45) is 3.38. The van der Waals surface area contributed by atoms with Crippen molar-refractivity contribution >= 4 is 22.9 Å². The molecule has 38 heavy (non-hydrogen) atoms. The maximum absolute atomic E-state index is 13.1. The lowest BCUT2D eigenvalue weighted by atomic mass is 10.0. The van der Waals surface area contributed by atoms with E-state index in [-0.39, 0.29) is 11.6 Å². The molecule has 10 heteroatoms. The first kappa shape index (κ1) is 24.2. The zero-order valence-electron chi connectivity index (χ0n) is 21.3. The summed E-state index contributed by atoms with van der Waals surface area (Å²) in [6, 6.07) is 17.0. The quantitative estimate of drug-likeness (QED) is 0.411. The molecule has 2 aliphatic heterocycles. The molecule has 2 saturated heterocycles. The van der Waals surface area contributed by atoms with E-state index in [2.05, 4.69) is 20.3 Å². The Labute approximate surface area is 220 Å². The second-order valence-corrected chi connectivity index (χ2v) is 9.30. The number of nitrogens with one attached hydrogen (secondary N) is 1. The fourth-order valence-electron chi connectivity index (χ4n) is 5.06. The average molecular weight is 516 g/mol. The predicted molar refractivity (Wildman–Crippen MR) is 142 cm³/mol. The van der Waals surface area contributed by atoms with Gasteiger partial charge in [0.25, 0.3) is 5.91 Å². The summed E-state index contributed by atoms with van der Waals surface area (Å²) in [5, 5.41) is 7.49. The molecule has 10 nitrogen and oxygen atoms in total. The van der Waals surface area contributed by atoms with Gasteiger partial charge in [-0.05, 0) is 48.5 Å². The highest BCUT2D eigenvalue weighted by Gasteiger charge is 2.39. The van der Waals surface area contributed by atoms with Gasteiger partial charge in [-0.2, -0.15) is 5.10 Å². The van der Waals surface area contributed by atoms with Crippen LogP contribution in [0.25, 0.3) is 16.9 Å². The van der Waals surface area contributed by atoms with Crippen molar-refractivity contribution in [3.05, 3.63) is 66.5 Å². The van der Waals surface area contributed by atoms with Gasteiger partial charge in [-0.1, -0.05) is 0 Å². The Kier molecular flexibility index (Phi) is 6.34. The van der Waals surface area contributed by atoms with E-state index in [1.54, 1.807) is 31.0 Å². The summed E-state index contributed by atoms with van der Waals surface area (Å²) in [4.78, 5) is 19.8. The predicted octanol–water partition coefficient (Wildman–Crippen LogP) is 4.01. The molecule has 0 aliphatic carbocycles. The van der Waals surface area contributed by atoms with E-state index < -0.39 is 5.79 Å². The van der Waals surface area contributed by atoms with E-state index in [0.29, 0.717) is 36.0 Å². The molecule has 2 aliphatic rings. The van der Waals surface area contributed by atoms with Crippen LogP contribution in [-0.4, -0.2) is 66.8 Å². The molecule has 1 N–H and O–H groups in total. The van der Waals surface area contributed by atoms with Crippen molar-refractivity contribution < 1.29 is 23.7 Å². The summed E-state index contributed by atoms with van der Waals surface area (Å²) in [7, 11) is 3.19. The van der Waals surface area contributed by atoms with Gasteiger partial charge < -0.3 is 29.2 Å². The standard InChI is InChI=1S/C28H29N5O5/c1-35-24-8-3-19(17-25(24)36-2)23-9-12-29-26-18-22(31-33(23)26)27(34)30-20-4-6-21(7-5-20)32-13-10-28(11-14-32)37-15-16-38-28/h3-9,12,17-18H,10-11,13-16H2,1-2H3,(H,30,34). The summed E-state index contributed by atoms with van der Waals surface area (Å²) in [5.74, 6) is 0.533. The number of carbonyl (C=O) groups excluding carboxylic acids is 1. The monoisotopic (exact) mass is 515 g/mol. The van der Waals surface area contributed by atoms with Gasteiger partial charge in [0.15, 0.2) is 28.6 Å². The Balaban J connectivity index is 1.17. The zero-order valence-corrected chi connectivity index (χ0v) is 21.3. The Morgan fingerprint density at radius 3 is 2.39 bits per heavy atom. The van der Waals surface area contributed by atoms with Crippen molar-refractivity contribution in [3.8, 4) is 22.8 Å². The fraction of sp³-hybridized carbons (Fsp3) is 0.321. The highest BCUT2D eigenvalue weighted by atomic mass is 16.7. The topological polar surface area (TPSA) is 99.5 Å². The summed E-state index contributed by atoms with van der Waals surface area (Å²) < 4.78 is 24.1. The summed E-state index contributed by atoms with van der Waals surface area (Å²) in [6.45, 7) is 3.08. The van der Waals surface area contributed by atoms with Crippen molar-refractivity contribution in [1.29, 1.82) is 0 Å². The van der Waals surface area contributed by atoms with E-state index in [0.717, 1.165) is 42.9 Å². The molecule has 2 aromatic heterocycles. The molecule has 196 valence electrons. The van der Waals surface area contributed by atoms with Gasteiger partial charge in [0, 0.05) is 55.1 Å². The average Bonchev–Trinajstić information content (AvgIpc) is 3.61. The van der Waals surface area contributed by atoms with Gasteiger partial charge in [0.1, 0.15) is 0 Å². The van der Waals surface area contributed by atoms with Crippen LogP contribution in [0, 0.1) is 0 Å². The first-order valence-electron chi connectivity index (χ1n) is 12.6. The van der Waals surface area contributed by atoms with Crippen molar-refractivity contribution in [2.75, 3.05) is 50.7 Å². The lowest BCUT2D eigenvalue weighted by molar-refractivity contribution is -0.169. The molecule has 6 rings (SSSR count). The Hall–Kier alpha value is -4.15. The third-order valence-electron chi connectivity index (χ3n) is 7.10. The highest BCUT2D eigenvalue weighted by molar-refractivity contribution is 6.03. The molecular weight excluding hydrogens is 486 g/mol. The Bertz CT molecular complexity index is 1450. The second kappa shape index (κ2) is 9.96. The minimum absolute atomic E-state index is 0.271. The van der Waals surface area contributed by atoms with Gasteiger partial charge in [0.05, 0.1) is 33.1 Å². The lowest BCUT2D eigenvalue weighted by Gasteiger charge is -2.38. The molecule has 0 saturated carbocycles. The van der Waals surface area contributed by atoms with Gasteiger partial charge in [0.2, 0.25) is 0 Å². The smallest absolute Gasteiger partial charge is 0.276 e. The number of hydrogen-bond donors (Lipinski definition) is 1. The van der Waals surface area contributed by atoms with E-state index >= 15 is 0 Å². The van der Waals surface area contributed by atoms with Crippen LogP contribution in [0.15, 0.2) is 60.8 Å². The molecule has 2 aromatic carbocycles. The highest BCUT2D eigenvalue weighted by Crippen LogP contribution is 2.34. The number of methoxy groups -OCH3 is 2. The number of benzene rings is 2. The molecular formula is C28H29N5O5. The number of anilines is 2. The number of rotatable bonds is 6. The molecule has 2 fully saturated rings. The molecule has 0 atom stereocenters. The van der Waals surface area contributed by atoms with Gasteiger partial charge in [-0.15, -0.1) is 0 Å². The molecule has 1 amide bonds. The summed E-state index contributed by atoms with van der Waals surface area (Å²) >= 11 is 0. The van der Waals surface area contributed by atoms with Crippen LogP contribution in [0.4, 0.5) is 11.4 Å². The largest absolute Gasteiger partial charge is 0.493 e. The van der Waals surface area contributed by atoms with Crippen molar-refractivity contribution in [2.24, 2.45) is 0 Å². The van der Waals surface area contributed by atoms with Crippen molar-refractivity contribution in [2.45, 2.75) is 18.6 Å². The number of carbonyl (C=O) groups is 1. The molecule has 1 spiro atoms. The molecule has 0 unspecified atom stereocenters. The number of nitrogens with zero attached hydrogens (tertiary/aromatic N) is 4. The Morgan fingerprint density at radius 1 is 0.947 bits per heavy atom. The third kappa shape index (κ3) is 4.52. The third-order valence-corrected chi connectivity index (χ3v) is 7.10. The van der Waals surface area contributed by atoms with Crippen LogP contribution in [0.5, 0.6) is 11.5 Å². The van der Waals surface area contributed by atoms with Crippen LogP contribution in [0.2, 0.25) is 0 Å². The van der Waals surface area contributed by atoms with Crippen LogP contribution in [-0.2, 0) is 9.47 Å². The normalized spacial score (nSPS) is 16.6. The molecule has 4 heterocycles. The molecule has 4 aromatic rings. The van der Waals surface area contributed by atoms with E-state index in [9.17, 15) is 4.79 Å². The van der Waals surface area contributed by atoms with E-state index in [1.807, 2.05) is 48.5 Å². The summed E-state index contributed by atoms with van der Waals surface area (Å²) in [5.41, 5.74) is 4.27. The lowest BCUT2D eigenvalue weighted by Crippen LogP contribution is -2.45. The van der Waals surface area contributed by atoms with Gasteiger partial charge in [-0.25, -0.2) is 9.50 Å². The number of aromatic nitrogens is 3. The number of ether oxygens (including phenoxy) is 4. The maximum Gasteiger partial charge on any atom is 0.276 e. The number of piperidine rings is 1.